The SMILES string of the molecule is NC(=O)c1ccc(F)c2c1C[C@@H](N)CO2.O=C(O)[C@H](O)[C@@H](O)C(=O)O. The van der Waals surface area contributed by atoms with Crippen molar-refractivity contribution in [2.24, 2.45) is 11.5 Å². The average molecular weight is 360 g/mol. The minimum atomic E-state index is -2.27. The topological polar surface area (TPSA) is 193 Å². The molecule has 10 nitrogen and oxygen atoms in total. The monoisotopic (exact) mass is 360 g/mol. The van der Waals surface area contributed by atoms with Gasteiger partial charge in [0.15, 0.2) is 23.8 Å². The van der Waals surface area contributed by atoms with Crippen LogP contribution in [0.25, 0.3) is 0 Å². The lowest BCUT2D eigenvalue weighted by atomic mass is 9.97. The number of hydrogen-bond acceptors (Lipinski definition) is 7. The standard InChI is InChI=1S/C10H11FN2O2.C4H6O6/c11-8-2-1-6(10(13)14)7-3-5(12)4-15-9(7)8;5-1(3(7)8)2(6)4(9)10/h1-2,5H,3-4,12H2,(H2,13,14);1-2,5-6H,(H,7,8)(H,9,10)/t5-;1-,2-/m11/s1. The van der Waals surface area contributed by atoms with Gasteiger partial charge >= 0.3 is 11.9 Å². The molecule has 1 heterocycles. The minimum absolute atomic E-state index is 0.105. The Morgan fingerprint density at radius 2 is 1.68 bits per heavy atom. The van der Waals surface area contributed by atoms with Crippen LogP contribution in [0.4, 0.5) is 4.39 Å². The van der Waals surface area contributed by atoms with E-state index in [2.05, 4.69) is 0 Å². The maximum Gasteiger partial charge on any atom is 0.335 e. The van der Waals surface area contributed by atoms with Gasteiger partial charge in [-0.05, 0) is 18.6 Å². The molecule has 25 heavy (non-hydrogen) atoms. The van der Waals surface area contributed by atoms with Gasteiger partial charge in [0.25, 0.3) is 0 Å². The summed E-state index contributed by atoms with van der Waals surface area (Å²) in [5, 5.41) is 32.5. The number of aliphatic hydroxyl groups is 2. The summed E-state index contributed by atoms with van der Waals surface area (Å²) in [6.45, 7) is 0.256. The molecule has 1 aromatic rings. The summed E-state index contributed by atoms with van der Waals surface area (Å²) in [6.07, 6.45) is -4.12. The van der Waals surface area contributed by atoms with Crippen LogP contribution in [0.5, 0.6) is 5.75 Å². The highest BCUT2D eigenvalue weighted by atomic mass is 19.1. The molecule has 2 rings (SSSR count). The molecule has 138 valence electrons. The number of carbonyl (C=O) groups is 3. The molecule has 0 aliphatic carbocycles. The molecule has 8 N–H and O–H groups in total. The first-order chi connectivity index (χ1) is 11.6. The van der Waals surface area contributed by atoms with Crippen LogP contribution in [-0.2, 0) is 16.0 Å². The Morgan fingerprint density at radius 3 is 2.12 bits per heavy atom. The minimum Gasteiger partial charge on any atom is -0.489 e. The molecule has 1 aliphatic heterocycles. The summed E-state index contributed by atoms with van der Waals surface area (Å²) in [5.74, 6) is -4.51. The number of ether oxygens (including phenoxy) is 1. The third-order valence-corrected chi connectivity index (χ3v) is 3.19. The summed E-state index contributed by atoms with van der Waals surface area (Å²) in [7, 11) is 0. The predicted molar refractivity (Wildman–Crippen MR) is 79.4 cm³/mol. The molecule has 1 aliphatic rings. The largest absolute Gasteiger partial charge is 0.489 e. The summed E-state index contributed by atoms with van der Waals surface area (Å²) in [6, 6.07) is 2.31. The van der Waals surface area contributed by atoms with Crippen molar-refractivity contribution in [3.8, 4) is 5.75 Å². The Labute approximate surface area is 140 Å². The molecule has 1 aromatic carbocycles. The van der Waals surface area contributed by atoms with Gasteiger partial charge in [-0.15, -0.1) is 0 Å². The lowest BCUT2D eigenvalue weighted by Gasteiger charge is -2.24. The summed E-state index contributed by atoms with van der Waals surface area (Å²) in [5.41, 5.74) is 11.6. The molecule has 11 heteroatoms. The van der Waals surface area contributed by atoms with Gasteiger partial charge < -0.3 is 36.6 Å². The van der Waals surface area contributed by atoms with Crippen LogP contribution >= 0.6 is 0 Å². The molecule has 0 fully saturated rings. The Bertz CT molecular complexity index is 663. The number of carbonyl (C=O) groups excluding carboxylic acids is 1. The van der Waals surface area contributed by atoms with Crippen LogP contribution in [-0.4, -0.2) is 63.1 Å². The molecule has 0 unspecified atom stereocenters. The number of amides is 1. The van der Waals surface area contributed by atoms with Gasteiger partial charge in [-0.2, -0.15) is 0 Å². The molecule has 3 atom stereocenters. The van der Waals surface area contributed by atoms with Crippen molar-refractivity contribution < 1.29 is 43.9 Å². The molecule has 0 aromatic heterocycles. The van der Waals surface area contributed by atoms with E-state index in [0.29, 0.717) is 12.0 Å². The van der Waals surface area contributed by atoms with Crippen molar-refractivity contribution in [1.82, 2.24) is 0 Å². The smallest absolute Gasteiger partial charge is 0.335 e. The lowest BCUT2D eigenvalue weighted by Crippen LogP contribution is -2.39. The molecular formula is C14H17FN2O8. The maximum atomic E-state index is 13.3. The number of nitrogens with two attached hydrogens (primary N) is 2. The number of hydrogen-bond donors (Lipinski definition) is 6. The second kappa shape index (κ2) is 8.37. The van der Waals surface area contributed by atoms with Crippen molar-refractivity contribution >= 4 is 17.8 Å². The number of primary amides is 1. The van der Waals surface area contributed by atoms with E-state index in [-0.39, 0.29) is 24.0 Å². The van der Waals surface area contributed by atoms with Crippen molar-refractivity contribution in [2.75, 3.05) is 6.61 Å². The van der Waals surface area contributed by atoms with Gasteiger partial charge in [0.1, 0.15) is 6.61 Å². The van der Waals surface area contributed by atoms with E-state index in [1.54, 1.807) is 0 Å². The molecule has 0 radical (unpaired) electrons. The second-order valence-corrected chi connectivity index (χ2v) is 5.11. The maximum absolute atomic E-state index is 13.3. The first kappa shape index (κ1) is 20.3. The van der Waals surface area contributed by atoms with E-state index < -0.39 is 35.9 Å². The fraction of sp³-hybridized carbons (Fsp3) is 0.357. The van der Waals surface area contributed by atoms with Crippen molar-refractivity contribution in [1.29, 1.82) is 0 Å². The summed E-state index contributed by atoms with van der Waals surface area (Å²) < 4.78 is 18.5. The van der Waals surface area contributed by atoms with Gasteiger partial charge in [0.2, 0.25) is 5.91 Å². The van der Waals surface area contributed by atoms with Crippen LogP contribution in [0.1, 0.15) is 15.9 Å². The molecule has 1 amide bonds. The van der Waals surface area contributed by atoms with Crippen LogP contribution < -0.4 is 16.2 Å². The number of carboxylic acid groups (broad SMARTS) is 2. The van der Waals surface area contributed by atoms with Crippen molar-refractivity contribution in [3.05, 3.63) is 29.1 Å². The van der Waals surface area contributed by atoms with Gasteiger partial charge in [-0.3, -0.25) is 4.79 Å². The second-order valence-electron chi connectivity index (χ2n) is 5.11. The summed E-state index contributed by atoms with van der Waals surface area (Å²) >= 11 is 0. The van der Waals surface area contributed by atoms with Gasteiger partial charge in [0.05, 0.1) is 0 Å². The molecule has 0 bridgehead atoms. The number of rotatable bonds is 4. The van der Waals surface area contributed by atoms with E-state index >= 15 is 0 Å². The zero-order valence-corrected chi connectivity index (χ0v) is 12.8. The Kier molecular flexibility index (Phi) is 6.79. The van der Waals surface area contributed by atoms with Gasteiger partial charge in [0, 0.05) is 17.2 Å². The molecule has 0 saturated heterocycles. The lowest BCUT2D eigenvalue weighted by molar-refractivity contribution is -0.165. The van der Waals surface area contributed by atoms with E-state index in [1.807, 2.05) is 0 Å². The highest BCUT2D eigenvalue weighted by Gasteiger charge is 2.29. The average Bonchev–Trinajstić information content (AvgIpc) is 2.53. The molecule has 0 spiro atoms. The Balaban J connectivity index is 0.000000275. The van der Waals surface area contributed by atoms with Crippen LogP contribution in [0.3, 0.4) is 0 Å². The van der Waals surface area contributed by atoms with Crippen LogP contribution in [0.15, 0.2) is 12.1 Å². The van der Waals surface area contributed by atoms with E-state index in [0.717, 1.165) is 0 Å². The number of aliphatic carboxylic acids is 2. The van der Waals surface area contributed by atoms with Gasteiger partial charge in [-0.25, -0.2) is 14.0 Å². The fourth-order valence-electron chi connectivity index (χ4n) is 1.97. The zero-order valence-electron chi connectivity index (χ0n) is 12.8. The Hall–Kier alpha value is -2.76. The number of fused-ring (bicyclic) bond motifs is 1. The normalized spacial score (nSPS) is 17.8. The van der Waals surface area contributed by atoms with Crippen LogP contribution in [0.2, 0.25) is 0 Å². The molecule has 0 saturated carbocycles. The quantitative estimate of drug-likeness (QED) is 0.354. The predicted octanol–water partition coefficient (Wildman–Crippen LogP) is -1.94. The van der Waals surface area contributed by atoms with Crippen LogP contribution in [0, 0.1) is 5.82 Å². The highest BCUT2D eigenvalue weighted by molar-refractivity contribution is 5.95. The van der Waals surface area contributed by atoms with Crippen molar-refractivity contribution in [2.45, 2.75) is 24.7 Å². The number of halogens is 1. The van der Waals surface area contributed by atoms with Gasteiger partial charge in [-0.1, -0.05) is 0 Å². The third-order valence-electron chi connectivity index (χ3n) is 3.19. The van der Waals surface area contributed by atoms with E-state index in [1.165, 1.54) is 12.1 Å². The zero-order chi connectivity index (χ0) is 19.3. The first-order valence-electron chi connectivity index (χ1n) is 6.87. The highest BCUT2D eigenvalue weighted by Crippen LogP contribution is 2.30. The van der Waals surface area contributed by atoms with Crippen molar-refractivity contribution in [3.63, 3.8) is 0 Å². The Morgan fingerprint density at radius 1 is 1.16 bits per heavy atom. The van der Waals surface area contributed by atoms with E-state index in [9.17, 15) is 18.8 Å². The number of carboxylic acids is 2. The third kappa shape index (κ3) is 5.11. The number of aliphatic hydroxyl groups excluding tert-OH is 2. The van der Waals surface area contributed by atoms with E-state index in [4.69, 9.17) is 36.6 Å². The fourth-order valence-corrected chi connectivity index (χ4v) is 1.97. The molecular weight excluding hydrogens is 343 g/mol. The first-order valence-corrected chi connectivity index (χ1v) is 6.87. The number of benzene rings is 1. The summed E-state index contributed by atoms with van der Waals surface area (Å²) in [4.78, 5) is 30.6.